The van der Waals surface area contributed by atoms with Crippen molar-refractivity contribution in [3.8, 4) is 0 Å². The monoisotopic (exact) mass is 297 g/mol. The van der Waals surface area contributed by atoms with Crippen LogP contribution in [0.25, 0.3) is 0 Å². The molecule has 1 amide bonds. The number of aromatic nitrogens is 1. The Morgan fingerprint density at radius 3 is 2.90 bits per heavy atom. The molecule has 0 bridgehead atoms. The molecule has 1 aliphatic rings. The van der Waals surface area contributed by atoms with Gasteiger partial charge < -0.3 is 4.90 Å². The SMILES string of the molecule is CCN1CCC(N(C)Cc2csc(C(=O)NN)n2)CC1. The number of rotatable bonds is 5. The first kappa shape index (κ1) is 15.4. The zero-order chi connectivity index (χ0) is 14.5. The summed E-state index contributed by atoms with van der Waals surface area (Å²) >= 11 is 1.34. The molecule has 1 saturated heterocycles. The first-order chi connectivity index (χ1) is 9.63. The third-order valence-corrected chi connectivity index (χ3v) is 4.81. The molecule has 0 unspecified atom stereocenters. The lowest BCUT2D eigenvalue weighted by atomic mass is 10.0. The van der Waals surface area contributed by atoms with E-state index < -0.39 is 0 Å². The van der Waals surface area contributed by atoms with Crippen LogP contribution in [0.2, 0.25) is 0 Å². The standard InChI is InChI=1S/C13H23N5OS/c1-3-18-6-4-11(5-7-18)17(2)8-10-9-20-13(15-10)12(19)16-14/h9,11H,3-8,14H2,1-2H3,(H,16,19). The van der Waals surface area contributed by atoms with E-state index in [2.05, 4.69) is 34.2 Å². The molecular weight excluding hydrogens is 274 g/mol. The zero-order valence-electron chi connectivity index (χ0n) is 12.1. The summed E-state index contributed by atoms with van der Waals surface area (Å²) in [6, 6.07) is 0.603. The minimum absolute atomic E-state index is 0.319. The number of piperidine rings is 1. The first-order valence-corrected chi connectivity index (χ1v) is 7.90. The molecule has 1 fully saturated rings. The molecule has 1 aliphatic heterocycles. The molecule has 0 radical (unpaired) electrons. The maximum absolute atomic E-state index is 11.4. The third-order valence-electron chi connectivity index (χ3n) is 3.92. The minimum atomic E-state index is -0.319. The van der Waals surface area contributed by atoms with Crippen molar-refractivity contribution in [3.63, 3.8) is 0 Å². The van der Waals surface area contributed by atoms with Gasteiger partial charge in [0.1, 0.15) is 0 Å². The molecule has 2 rings (SSSR count). The molecule has 1 aromatic heterocycles. The zero-order valence-corrected chi connectivity index (χ0v) is 12.9. The lowest BCUT2D eigenvalue weighted by Gasteiger charge is -2.36. The Hall–Kier alpha value is -1.02. The third kappa shape index (κ3) is 3.76. The average Bonchev–Trinajstić information content (AvgIpc) is 2.95. The van der Waals surface area contributed by atoms with Crippen LogP contribution < -0.4 is 11.3 Å². The first-order valence-electron chi connectivity index (χ1n) is 7.02. The van der Waals surface area contributed by atoms with E-state index in [0.29, 0.717) is 11.0 Å². The Kier molecular flexibility index (Phi) is 5.47. The Morgan fingerprint density at radius 1 is 1.60 bits per heavy atom. The fraction of sp³-hybridized carbons (Fsp3) is 0.692. The summed E-state index contributed by atoms with van der Waals surface area (Å²) in [4.78, 5) is 20.5. The highest BCUT2D eigenvalue weighted by Gasteiger charge is 2.22. The van der Waals surface area contributed by atoms with Gasteiger partial charge in [0.2, 0.25) is 0 Å². The summed E-state index contributed by atoms with van der Waals surface area (Å²) < 4.78 is 0. The number of thiazole rings is 1. The molecule has 1 aromatic rings. The van der Waals surface area contributed by atoms with E-state index in [1.807, 2.05) is 5.38 Å². The highest BCUT2D eigenvalue weighted by Crippen LogP contribution is 2.18. The fourth-order valence-electron chi connectivity index (χ4n) is 2.61. The smallest absolute Gasteiger partial charge is 0.294 e. The predicted octanol–water partition coefficient (Wildman–Crippen LogP) is 0.663. The lowest BCUT2D eigenvalue weighted by Crippen LogP contribution is -2.42. The van der Waals surface area contributed by atoms with Crippen molar-refractivity contribution in [1.82, 2.24) is 20.2 Å². The lowest BCUT2D eigenvalue weighted by molar-refractivity contribution is 0.0952. The summed E-state index contributed by atoms with van der Waals surface area (Å²) in [5, 5.41) is 2.36. The van der Waals surface area contributed by atoms with E-state index in [9.17, 15) is 4.79 Å². The normalized spacial score (nSPS) is 17.6. The van der Waals surface area contributed by atoms with Crippen LogP contribution in [0.3, 0.4) is 0 Å². The van der Waals surface area contributed by atoms with Gasteiger partial charge in [-0.2, -0.15) is 0 Å². The highest BCUT2D eigenvalue weighted by atomic mass is 32.1. The van der Waals surface area contributed by atoms with Gasteiger partial charge >= 0.3 is 0 Å². The van der Waals surface area contributed by atoms with Crippen LogP contribution in [0.1, 0.15) is 35.3 Å². The van der Waals surface area contributed by atoms with Crippen molar-refractivity contribution in [2.24, 2.45) is 5.84 Å². The number of likely N-dealkylation sites (tertiary alicyclic amines) is 1. The van der Waals surface area contributed by atoms with Crippen molar-refractivity contribution in [3.05, 3.63) is 16.1 Å². The average molecular weight is 297 g/mol. The Morgan fingerprint density at radius 2 is 2.30 bits per heavy atom. The number of nitrogen functional groups attached to an aromatic ring is 1. The van der Waals surface area contributed by atoms with E-state index >= 15 is 0 Å². The van der Waals surface area contributed by atoms with E-state index in [0.717, 1.165) is 18.8 Å². The fourth-order valence-corrected chi connectivity index (χ4v) is 3.32. The summed E-state index contributed by atoms with van der Waals surface area (Å²) in [6.45, 7) is 6.47. The maximum atomic E-state index is 11.4. The Balaban J connectivity index is 1.86. The van der Waals surface area contributed by atoms with Crippen LogP contribution in [0.4, 0.5) is 0 Å². The second-order valence-electron chi connectivity index (χ2n) is 5.20. The number of carbonyl (C=O) groups is 1. The van der Waals surface area contributed by atoms with Gasteiger partial charge in [0.15, 0.2) is 5.01 Å². The molecule has 6 nitrogen and oxygen atoms in total. The van der Waals surface area contributed by atoms with Crippen LogP contribution >= 0.6 is 11.3 Å². The van der Waals surface area contributed by atoms with Gasteiger partial charge in [-0.15, -0.1) is 11.3 Å². The van der Waals surface area contributed by atoms with E-state index in [-0.39, 0.29) is 5.91 Å². The molecule has 0 atom stereocenters. The maximum Gasteiger partial charge on any atom is 0.294 e. The quantitative estimate of drug-likeness (QED) is 0.474. The molecule has 7 heteroatoms. The number of amides is 1. The number of nitrogens with zero attached hydrogens (tertiary/aromatic N) is 3. The molecule has 112 valence electrons. The molecule has 0 saturated carbocycles. The number of hydrogen-bond acceptors (Lipinski definition) is 6. The topological polar surface area (TPSA) is 74.5 Å². The van der Waals surface area contributed by atoms with Crippen LogP contribution in [0, 0.1) is 0 Å². The molecule has 2 heterocycles. The second-order valence-corrected chi connectivity index (χ2v) is 6.06. The second kappa shape index (κ2) is 7.12. The van der Waals surface area contributed by atoms with Crippen LogP contribution in [-0.2, 0) is 6.54 Å². The number of hydrogen-bond donors (Lipinski definition) is 2. The molecule has 0 aliphatic carbocycles. The highest BCUT2D eigenvalue weighted by molar-refractivity contribution is 7.11. The number of nitrogens with two attached hydrogens (primary N) is 1. The van der Waals surface area contributed by atoms with Gasteiger partial charge in [0.05, 0.1) is 5.69 Å². The van der Waals surface area contributed by atoms with Crippen molar-refractivity contribution in [2.45, 2.75) is 32.4 Å². The van der Waals surface area contributed by atoms with Gasteiger partial charge in [-0.05, 0) is 39.5 Å². The molecule has 20 heavy (non-hydrogen) atoms. The minimum Gasteiger partial charge on any atom is -0.303 e. The van der Waals surface area contributed by atoms with Gasteiger partial charge in [-0.1, -0.05) is 6.92 Å². The van der Waals surface area contributed by atoms with Crippen molar-refractivity contribution < 1.29 is 4.79 Å². The van der Waals surface area contributed by atoms with Crippen LogP contribution in [0.5, 0.6) is 0 Å². The van der Waals surface area contributed by atoms with Gasteiger partial charge in [-0.3, -0.25) is 15.1 Å². The Labute approximate surface area is 123 Å². The molecule has 0 spiro atoms. The van der Waals surface area contributed by atoms with E-state index in [1.54, 1.807) is 0 Å². The Bertz CT molecular complexity index is 442. The number of hydrazine groups is 1. The van der Waals surface area contributed by atoms with Crippen molar-refractivity contribution >= 4 is 17.2 Å². The van der Waals surface area contributed by atoms with E-state index in [1.165, 1.54) is 37.3 Å². The summed E-state index contributed by atoms with van der Waals surface area (Å²) in [6.07, 6.45) is 2.40. The molecular formula is C13H23N5OS. The van der Waals surface area contributed by atoms with Gasteiger partial charge in [-0.25, -0.2) is 10.8 Å². The molecule has 3 N–H and O–H groups in total. The van der Waals surface area contributed by atoms with Gasteiger partial charge in [0.25, 0.3) is 5.91 Å². The van der Waals surface area contributed by atoms with Crippen LogP contribution in [0.15, 0.2) is 5.38 Å². The van der Waals surface area contributed by atoms with E-state index in [4.69, 9.17) is 5.84 Å². The summed E-state index contributed by atoms with van der Waals surface area (Å²) in [5.41, 5.74) is 3.05. The summed E-state index contributed by atoms with van der Waals surface area (Å²) in [7, 11) is 2.13. The molecule has 0 aromatic carbocycles. The summed E-state index contributed by atoms with van der Waals surface area (Å²) in [5.74, 6) is 4.79. The van der Waals surface area contributed by atoms with Crippen molar-refractivity contribution in [2.75, 3.05) is 26.7 Å². The number of carbonyl (C=O) groups excluding carboxylic acids is 1. The number of nitrogens with one attached hydrogen (secondary N) is 1. The predicted molar refractivity (Wildman–Crippen MR) is 80.4 cm³/mol. The van der Waals surface area contributed by atoms with Gasteiger partial charge in [0, 0.05) is 18.0 Å². The largest absolute Gasteiger partial charge is 0.303 e. The van der Waals surface area contributed by atoms with Crippen molar-refractivity contribution in [1.29, 1.82) is 0 Å². The van der Waals surface area contributed by atoms with Crippen LogP contribution in [-0.4, -0.2) is 53.4 Å².